The number of carbonyl (C=O) groups is 2. The monoisotopic (exact) mass is 553 g/mol. The Hall–Kier alpha value is -3.56. The van der Waals surface area contributed by atoms with Crippen LogP contribution in [0.1, 0.15) is 58.3 Å². The predicted octanol–water partition coefficient (Wildman–Crippen LogP) is 5.89. The maximum Gasteiger partial charge on any atom is 0.511 e. The number of nitrogens with zero attached hydrogens (tertiary/aromatic N) is 4. The number of benzene rings is 2. The first-order valence-electron chi connectivity index (χ1n) is 13.0. The summed E-state index contributed by atoms with van der Waals surface area (Å²) in [6, 6.07) is 10.7. The molecule has 1 saturated heterocycles. The molecule has 1 aliphatic carbocycles. The van der Waals surface area contributed by atoms with Crippen LogP contribution in [0.15, 0.2) is 42.5 Å². The summed E-state index contributed by atoms with van der Waals surface area (Å²) in [4.78, 5) is 36.8. The Morgan fingerprint density at radius 1 is 1.08 bits per heavy atom. The lowest BCUT2D eigenvalue weighted by atomic mass is 9.93. The fourth-order valence-corrected chi connectivity index (χ4v) is 6.45. The smallest absolute Gasteiger partial charge is 0.449 e. The van der Waals surface area contributed by atoms with E-state index in [4.69, 9.17) is 21.4 Å². The number of carbonyl (C=O) groups excluding carboxylic acids is 1. The maximum absolute atomic E-state index is 14.4. The van der Waals surface area contributed by atoms with E-state index in [2.05, 4.69) is 14.9 Å². The molecule has 5 rings (SSSR count). The number of carboxylic acid groups (broad SMARTS) is 1. The van der Waals surface area contributed by atoms with Gasteiger partial charge in [-0.1, -0.05) is 17.7 Å². The van der Waals surface area contributed by atoms with Crippen LogP contribution in [0.2, 0.25) is 5.02 Å². The molecule has 1 amide bonds. The Morgan fingerprint density at radius 2 is 1.82 bits per heavy atom. The molecule has 0 radical (unpaired) electrons. The van der Waals surface area contributed by atoms with Gasteiger partial charge >= 0.3 is 12.1 Å². The summed E-state index contributed by atoms with van der Waals surface area (Å²) in [5.74, 6) is 1.01. The summed E-state index contributed by atoms with van der Waals surface area (Å²) in [6.45, 7) is 5.21. The Labute approximate surface area is 231 Å². The van der Waals surface area contributed by atoms with Gasteiger partial charge in [0.25, 0.3) is 0 Å². The first kappa shape index (κ1) is 27.0. The zero-order valence-electron chi connectivity index (χ0n) is 22.2. The van der Waals surface area contributed by atoms with E-state index >= 15 is 0 Å². The second-order valence-corrected chi connectivity index (χ2v) is 10.9. The average molecular weight is 554 g/mol. The number of rotatable bonds is 5. The highest BCUT2D eigenvalue weighted by molar-refractivity contribution is 6.33. The minimum atomic E-state index is -1.40. The van der Waals surface area contributed by atoms with Crippen LogP contribution in [-0.4, -0.2) is 57.8 Å². The largest absolute Gasteiger partial charge is 0.511 e. The van der Waals surface area contributed by atoms with Crippen LogP contribution in [-0.2, 0) is 6.42 Å². The summed E-state index contributed by atoms with van der Waals surface area (Å²) < 4.78 is 19.3. The molecule has 0 saturated carbocycles. The lowest BCUT2D eigenvalue weighted by molar-refractivity contribution is -0.887. The van der Waals surface area contributed by atoms with Crippen molar-refractivity contribution in [2.75, 3.05) is 25.0 Å². The third-order valence-corrected chi connectivity index (χ3v) is 8.44. The number of aryl methyl sites for hydroxylation is 3. The molecule has 2 heterocycles. The van der Waals surface area contributed by atoms with Crippen LogP contribution in [0, 0.1) is 19.7 Å². The quantitative estimate of drug-likeness (QED) is 0.239. The van der Waals surface area contributed by atoms with Gasteiger partial charge in [0.2, 0.25) is 0 Å². The van der Waals surface area contributed by atoms with Crippen LogP contribution in [0.4, 0.5) is 15.0 Å². The SMILES string of the molecule is Cc1cc(N2CCC([N+](C)(C(=O)c3cc(F)ccc3Cl)[C@@H]3CCc4ccc(OC(=O)O)cc43)CC2)nc(C)n1. The molecule has 1 unspecified atom stereocenters. The van der Waals surface area contributed by atoms with Gasteiger partial charge in [0.05, 0.1) is 18.1 Å². The number of amides is 1. The number of halogens is 2. The fourth-order valence-electron chi connectivity index (χ4n) is 6.25. The van der Waals surface area contributed by atoms with Gasteiger partial charge in [-0.15, -0.1) is 0 Å². The van der Waals surface area contributed by atoms with Crippen molar-refractivity contribution in [1.29, 1.82) is 0 Å². The maximum atomic E-state index is 14.4. The molecule has 2 aromatic carbocycles. The highest BCUT2D eigenvalue weighted by Crippen LogP contribution is 2.46. The molecule has 1 aromatic heterocycles. The van der Waals surface area contributed by atoms with E-state index in [1.165, 1.54) is 18.2 Å². The van der Waals surface area contributed by atoms with Crippen molar-refractivity contribution in [3.8, 4) is 5.75 Å². The number of anilines is 1. The number of quaternary nitrogens is 1. The van der Waals surface area contributed by atoms with Crippen LogP contribution >= 0.6 is 11.6 Å². The molecule has 39 heavy (non-hydrogen) atoms. The zero-order valence-corrected chi connectivity index (χ0v) is 22.9. The number of ether oxygens (including phenoxy) is 1. The van der Waals surface area contributed by atoms with Crippen molar-refractivity contribution < 1.29 is 28.3 Å². The summed E-state index contributed by atoms with van der Waals surface area (Å²) in [7, 11) is 1.91. The highest BCUT2D eigenvalue weighted by atomic mass is 35.5. The van der Waals surface area contributed by atoms with E-state index in [9.17, 15) is 14.0 Å². The Balaban J connectivity index is 1.52. The molecule has 8 nitrogen and oxygen atoms in total. The highest BCUT2D eigenvalue weighted by Gasteiger charge is 2.51. The standard InChI is InChI=1S/C29H30ClFN4O4/c1-17-14-27(33-18(2)32-17)34-12-10-21(11-13-34)35(3,28(36)24-15-20(31)6-8-25(24)30)26-9-5-19-4-7-22(16-23(19)26)39-29(37)38/h4,6-8,14-16,21,26H,5,9-13H2,1-3H3/p+1/t26-,35?/m1/s1. The van der Waals surface area contributed by atoms with Gasteiger partial charge < -0.3 is 14.7 Å². The number of fused-ring (bicyclic) bond motifs is 1. The van der Waals surface area contributed by atoms with Crippen LogP contribution in [0.3, 0.4) is 0 Å². The van der Waals surface area contributed by atoms with E-state index in [-0.39, 0.29) is 38.8 Å². The zero-order chi connectivity index (χ0) is 27.9. The first-order valence-corrected chi connectivity index (χ1v) is 13.4. The van der Waals surface area contributed by atoms with Gasteiger partial charge in [0.1, 0.15) is 34.8 Å². The molecular weight excluding hydrogens is 523 g/mol. The molecule has 1 fully saturated rings. The molecule has 204 valence electrons. The number of piperidine rings is 1. The Bertz CT molecular complexity index is 1420. The van der Waals surface area contributed by atoms with Crippen LogP contribution in [0.5, 0.6) is 5.75 Å². The summed E-state index contributed by atoms with van der Waals surface area (Å²) in [5, 5.41) is 9.35. The molecule has 3 aromatic rings. The third-order valence-electron chi connectivity index (χ3n) is 8.11. The predicted molar refractivity (Wildman–Crippen MR) is 145 cm³/mol. The molecule has 0 spiro atoms. The molecule has 1 N–H and O–H groups in total. The normalized spacial score (nSPS) is 18.9. The summed E-state index contributed by atoms with van der Waals surface area (Å²) in [6.07, 6.45) is 1.44. The number of hydrogen-bond donors (Lipinski definition) is 1. The second-order valence-electron chi connectivity index (χ2n) is 10.5. The van der Waals surface area contributed by atoms with Gasteiger partial charge in [0.15, 0.2) is 0 Å². The number of aromatic nitrogens is 2. The lowest BCUT2D eigenvalue weighted by Crippen LogP contribution is -2.60. The van der Waals surface area contributed by atoms with Gasteiger partial charge in [0, 0.05) is 49.7 Å². The molecule has 10 heteroatoms. The van der Waals surface area contributed by atoms with E-state index in [0.29, 0.717) is 38.2 Å². The van der Waals surface area contributed by atoms with Gasteiger partial charge in [-0.3, -0.25) is 0 Å². The molecule has 2 aliphatic rings. The molecule has 2 atom stereocenters. The van der Waals surface area contributed by atoms with Crippen LogP contribution < -0.4 is 9.64 Å². The van der Waals surface area contributed by atoms with E-state index < -0.39 is 12.0 Å². The Morgan fingerprint density at radius 3 is 2.51 bits per heavy atom. The second kappa shape index (κ2) is 10.5. The number of hydrogen-bond acceptors (Lipinski definition) is 6. The van der Waals surface area contributed by atoms with Crippen molar-refractivity contribution in [3.63, 3.8) is 0 Å². The van der Waals surface area contributed by atoms with Gasteiger partial charge in [-0.25, -0.2) is 28.4 Å². The van der Waals surface area contributed by atoms with Crippen LogP contribution in [0.25, 0.3) is 0 Å². The van der Waals surface area contributed by atoms with Crippen molar-refractivity contribution >= 4 is 29.5 Å². The van der Waals surface area contributed by atoms with Gasteiger partial charge in [-0.2, -0.15) is 0 Å². The third kappa shape index (κ3) is 5.21. The van der Waals surface area contributed by atoms with E-state index in [0.717, 1.165) is 29.1 Å². The molecule has 1 aliphatic heterocycles. The molecular formula is C29H31ClFN4O4+. The van der Waals surface area contributed by atoms with E-state index in [1.54, 1.807) is 12.1 Å². The fraction of sp³-hybridized carbons (Fsp3) is 0.379. The van der Waals surface area contributed by atoms with Crippen molar-refractivity contribution in [1.82, 2.24) is 9.97 Å². The van der Waals surface area contributed by atoms with Crippen molar-refractivity contribution in [3.05, 3.63) is 81.5 Å². The minimum absolute atomic E-state index is 0.00235. The average Bonchev–Trinajstić information content (AvgIpc) is 3.32. The topological polar surface area (TPSA) is 92.6 Å². The van der Waals surface area contributed by atoms with Crippen molar-refractivity contribution in [2.45, 2.75) is 51.6 Å². The minimum Gasteiger partial charge on any atom is -0.449 e. The summed E-state index contributed by atoms with van der Waals surface area (Å²) in [5.41, 5.74) is 2.97. The van der Waals surface area contributed by atoms with E-state index in [1.807, 2.05) is 33.0 Å². The van der Waals surface area contributed by atoms with Crippen molar-refractivity contribution in [2.24, 2.45) is 0 Å². The Kier molecular flexibility index (Phi) is 7.31. The summed E-state index contributed by atoms with van der Waals surface area (Å²) >= 11 is 6.45. The van der Waals surface area contributed by atoms with Gasteiger partial charge in [-0.05, 0) is 56.2 Å². The first-order chi connectivity index (χ1) is 18.6. The molecule has 0 bridgehead atoms. The lowest BCUT2D eigenvalue weighted by Gasteiger charge is -2.47.